The summed E-state index contributed by atoms with van der Waals surface area (Å²) in [6.07, 6.45) is 1.46. The zero-order valence-corrected chi connectivity index (χ0v) is 8.87. The summed E-state index contributed by atoms with van der Waals surface area (Å²) >= 11 is 0. The first kappa shape index (κ1) is 10.0. The Kier molecular flexibility index (Phi) is 2.38. The number of hydrogen-bond acceptors (Lipinski definition) is 3. The Hall–Kier alpha value is -1.52. The molecule has 1 aliphatic heterocycles. The highest BCUT2D eigenvalue weighted by Crippen LogP contribution is 2.23. The van der Waals surface area contributed by atoms with E-state index in [1.807, 2.05) is 6.92 Å². The number of aromatic amines is 1. The van der Waals surface area contributed by atoms with Crippen LogP contribution in [0.25, 0.3) is 0 Å². The van der Waals surface area contributed by atoms with Crippen LogP contribution in [-0.4, -0.2) is 15.7 Å². The van der Waals surface area contributed by atoms with Crippen LogP contribution in [0.3, 0.4) is 0 Å². The SMILES string of the molecule is CCC1Cc2c([nH]c(=O)n(CC)c2=O)O1. The van der Waals surface area contributed by atoms with Gasteiger partial charge in [-0.2, -0.15) is 0 Å². The molecule has 1 aromatic heterocycles. The lowest BCUT2D eigenvalue weighted by atomic mass is 10.1. The van der Waals surface area contributed by atoms with Crippen molar-refractivity contribution < 1.29 is 4.74 Å². The minimum absolute atomic E-state index is 0.0241. The second kappa shape index (κ2) is 3.56. The van der Waals surface area contributed by atoms with Crippen molar-refractivity contribution in [1.82, 2.24) is 9.55 Å². The van der Waals surface area contributed by atoms with Gasteiger partial charge in [0, 0.05) is 13.0 Å². The van der Waals surface area contributed by atoms with Crippen molar-refractivity contribution >= 4 is 0 Å². The Morgan fingerprint density at radius 2 is 2.20 bits per heavy atom. The molecule has 0 bridgehead atoms. The van der Waals surface area contributed by atoms with Crippen molar-refractivity contribution in [2.75, 3.05) is 0 Å². The highest BCUT2D eigenvalue weighted by Gasteiger charge is 2.26. The standard InChI is InChI=1S/C10H14N2O3/c1-3-6-5-7-8(15-6)11-10(14)12(4-2)9(7)13/h6H,3-5H2,1-2H3,(H,11,14). The summed E-state index contributed by atoms with van der Waals surface area (Å²) in [4.78, 5) is 25.9. The van der Waals surface area contributed by atoms with Gasteiger partial charge in [0.2, 0.25) is 5.88 Å². The van der Waals surface area contributed by atoms with Gasteiger partial charge < -0.3 is 4.74 Å². The largest absolute Gasteiger partial charge is 0.475 e. The van der Waals surface area contributed by atoms with Crippen LogP contribution < -0.4 is 16.0 Å². The molecule has 0 spiro atoms. The van der Waals surface area contributed by atoms with E-state index >= 15 is 0 Å². The van der Waals surface area contributed by atoms with Crippen molar-refractivity contribution in [2.45, 2.75) is 39.3 Å². The van der Waals surface area contributed by atoms with E-state index in [4.69, 9.17) is 4.74 Å². The molecule has 1 aliphatic rings. The molecule has 1 atom stereocenters. The van der Waals surface area contributed by atoms with E-state index in [1.54, 1.807) is 6.92 Å². The maximum atomic E-state index is 11.8. The number of nitrogens with zero attached hydrogens (tertiary/aromatic N) is 1. The van der Waals surface area contributed by atoms with Gasteiger partial charge in [0.25, 0.3) is 5.56 Å². The molecule has 1 unspecified atom stereocenters. The first-order valence-corrected chi connectivity index (χ1v) is 5.20. The summed E-state index contributed by atoms with van der Waals surface area (Å²) in [5.41, 5.74) is -0.00602. The molecule has 0 fully saturated rings. The number of aromatic nitrogens is 2. The van der Waals surface area contributed by atoms with Gasteiger partial charge in [-0.3, -0.25) is 14.3 Å². The fourth-order valence-electron chi connectivity index (χ4n) is 1.82. The lowest BCUT2D eigenvalue weighted by Gasteiger charge is -2.05. The van der Waals surface area contributed by atoms with Crippen molar-refractivity contribution in [3.8, 4) is 5.88 Å². The molecule has 0 saturated carbocycles. The lowest BCUT2D eigenvalue weighted by Crippen LogP contribution is -2.35. The van der Waals surface area contributed by atoms with Gasteiger partial charge in [-0.05, 0) is 13.3 Å². The molecular formula is C10H14N2O3. The molecule has 5 nitrogen and oxygen atoms in total. The van der Waals surface area contributed by atoms with Gasteiger partial charge in [-0.25, -0.2) is 4.79 Å². The van der Waals surface area contributed by atoms with Crippen molar-refractivity contribution in [2.24, 2.45) is 0 Å². The third-order valence-corrected chi connectivity index (χ3v) is 2.73. The summed E-state index contributed by atoms with van der Waals surface area (Å²) in [5, 5.41) is 0. The maximum absolute atomic E-state index is 11.8. The fraction of sp³-hybridized carbons (Fsp3) is 0.600. The Morgan fingerprint density at radius 3 is 2.80 bits per heavy atom. The third kappa shape index (κ3) is 1.48. The van der Waals surface area contributed by atoms with Crippen LogP contribution in [0.2, 0.25) is 0 Å². The molecule has 15 heavy (non-hydrogen) atoms. The highest BCUT2D eigenvalue weighted by atomic mass is 16.5. The average Bonchev–Trinajstić information content (AvgIpc) is 2.61. The molecule has 0 radical (unpaired) electrons. The summed E-state index contributed by atoms with van der Waals surface area (Å²) in [6.45, 7) is 4.15. The van der Waals surface area contributed by atoms with E-state index in [0.717, 1.165) is 6.42 Å². The number of rotatable bonds is 2. The van der Waals surface area contributed by atoms with Crippen LogP contribution in [0, 0.1) is 0 Å². The van der Waals surface area contributed by atoms with E-state index < -0.39 is 5.69 Å². The minimum Gasteiger partial charge on any atom is -0.475 e. The topological polar surface area (TPSA) is 64.1 Å². The van der Waals surface area contributed by atoms with E-state index in [2.05, 4.69) is 4.98 Å². The Morgan fingerprint density at radius 1 is 1.47 bits per heavy atom. The predicted molar refractivity (Wildman–Crippen MR) is 55.4 cm³/mol. The molecule has 0 saturated heterocycles. The van der Waals surface area contributed by atoms with Crippen molar-refractivity contribution in [1.29, 1.82) is 0 Å². The van der Waals surface area contributed by atoms with Gasteiger partial charge in [-0.1, -0.05) is 6.92 Å². The monoisotopic (exact) mass is 210 g/mol. The summed E-state index contributed by atoms with van der Waals surface area (Å²) in [5.74, 6) is 0.363. The van der Waals surface area contributed by atoms with Gasteiger partial charge in [-0.15, -0.1) is 0 Å². The third-order valence-electron chi connectivity index (χ3n) is 2.73. The Bertz CT molecular complexity index is 486. The van der Waals surface area contributed by atoms with Gasteiger partial charge >= 0.3 is 5.69 Å². The molecule has 2 heterocycles. The number of fused-ring (bicyclic) bond motifs is 1. The second-order valence-electron chi connectivity index (χ2n) is 3.64. The van der Waals surface area contributed by atoms with Crippen LogP contribution in [-0.2, 0) is 13.0 Å². The van der Waals surface area contributed by atoms with Gasteiger partial charge in [0.1, 0.15) is 6.10 Å². The number of ether oxygens (including phenoxy) is 1. The first-order chi connectivity index (χ1) is 7.17. The van der Waals surface area contributed by atoms with Crippen LogP contribution in [0.4, 0.5) is 0 Å². The zero-order valence-electron chi connectivity index (χ0n) is 8.87. The minimum atomic E-state index is -0.391. The van der Waals surface area contributed by atoms with Crippen molar-refractivity contribution in [3.63, 3.8) is 0 Å². The predicted octanol–water partition coefficient (Wildman–Crippen LogP) is 0.270. The van der Waals surface area contributed by atoms with Crippen LogP contribution in [0.15, 0.2) is 9.59 Å². The van der Waals surface area contributed by atoms with E-state index in [9.17, 15) is 9.59 Å². The Balaban J connectivity index is 2.57. The summed E-state index contributed by atoms with van der Waals surface area (Å²) < 4.78 is 6.64. The van der Waals surface area contributed by atoms with Gasteiger partial charge in [0.05, 0.1) is 5.56 Å². The molecule has 1 N–H and O–H groups in total. The van der Waals surface area contributed by atoms with E-state index in [0.29, 0.717) is 24.4 Å². The molecule has 0 amide bonds. The smallest absolute Gasteiger partial charge is 0.331 e. The van der Waals surface area contributed by atoms with Crippen LogP contribution in [0.5, 0.6) is 5.88 Å². The highest BCUT2D eigenvalue weighted by molar-refractivity contribution is 5.28. The molecule has 2 rings (SSSR count). The first-order valence-electron chi connectivity index (χ1n) is 5.20. The number of hydrogen-bond donors (Lipinski definition) is 1. The summed E-state index contributed by atoms with van der Waals surface area (Å²) in [6, 6.07) is 0. The average molecular weight is 210 g/mol. The molecular weight excluding hydrogens is 196 g/mol. The number of nitrogens with one attached hydrogen (secondary N) is 1. The van der Waals surface area contributed by atoms with Crippen molar-refractivity contribution in [3.05, 3.63) is 26.4 Å². The molecule has 0 aliphatic carbocycles. The van der Waals surface area contributed by atoms with Gasteiger partial charge in [0.15, 0.2) is 0 Å². The van der Waals surface area contributed by atoms with Crippen LogP contribution in [0.1, 0.15) is 25.8 Å². The quantitative estimate of drug-likeness (QED) is 0.762. The normalized spacial score (nSPS) is 18.7. The maximum Gasteiger partial charge on any atom is 0.331 e. The molecule has 1 aromatic rings. The Labute approximate surface area is 86.7 Å². The number of H-pyrrole nitrogens is 1. The zero-order chi connectivity index (χ0) is 11.0. The molecule has 82 valence electrons. The van der Waals surface area contributed by atoms with Crippen LogP contribution >= 0.6 is 0 Å². The summed E-state index contributed by atoms with van der Waals surface area (Å²) in [7, 11) is 0. The molecule has 0 aromatic carbocycles. The molecule has 5 heteroatoms. The van der Waals surface area contributed by atoms with E-state index in [-0.39, 0.29) is 11.7 Å². The fourth-order valence-corrected chi connectivity index (χ4v) is 1.82. The second-order valence-corrected chi connectivity index (χ2v) is 3.64. The van der Waals surface area contributed by atoms with E-state index in [1.165, 1.54) is 4.57 Å². The lowest BCUT2D eigenvalue weighted by molar-refractivity contribution is 0.220.